The summed E-state index contributed by atoms with van der Waals surface area (Å²) < 4.78 is 6.15. The third kappa shape index (κ3) is 4.50. The minimum atomic E-state index is -0.196. The first-order valence-corrected chi connectivity index (χ1v) is 10.0. The van der Waals surface area contributed by atoms with E-state index < -0.39 is 0 Å². The number of hydrogen-bond donors (Lipinski definition) is 1. The van der Waals surface area contributed by atoms with Gasteiger partial charge < -0.3 is 10.1 Å². The fourth-order valence-corrected chi connectivity index (χ4v) is 3.41. The van der Waals surface area contributed by atoms with Gasteiger partial charge in [0, 0.05) is 34.3 Å². The van der Waals surface area contributed by atoms with Gasteiger partial charge in [-0.05, 0) is 61.0 Å². The number of carbonyl (C=O) groups is 1. The molecule has 5 nitrogen and oxygen atoms in total. The summed E-state index contributed by atoms with van der Waals surface area (Å²) in [6, 6.07) is 21.8. The normalized spacial score (nSPS) is 10.5. The summed E-state index contributed by atoms with van der Waals surface area (Å²) in [5, 5.41) is 13.2. The quantitative estimate of drug-likeness (QED) is 0.437. The second-order valence-electron chi connectivity index (χ2n) is 6.99. The van der Waals surface area contributed by atoms with Crippen molar-refractivity contribution in [1.82, 2.24) is 10.3 Å². The van der Waals surface area contributed by atoms with Gasteiger partial charge in [0.2, 0.25) is 0 Å². The molecule has 0 spiro atoms. The Kier molecular flexibility index (Phi) is 5.83. The van der Waals surface area contributed by atoms with E-state index in [1.165, 1.54) is 0 Å². The molecular weight excluding hydrogens is 410 g/mol. The van der Waals surface area contributed by atoms with Gasteiger partial charge in [-0.25, -0.2) is 0 Å². The number of ether oxygens (including phenoxy) is 1. The number of hydrogen-bond acceptors (Lipinski definition) is 4. The number of nitriles is 1. The number of aromatic nitrogens is 1. The highest BCUT2D eigenvalue weighted by Crippen LogP contribution is 2.32. The largest absolute Gasteiger partial charge is 0.456 e. The van der Waals surface area contributed by atoms with E-state index in [-0.39, 0.29) is 5.91 Å². The summed E-state index contributed by atoms with van der Waals surface area (Å²) in [5.41, 5.74) is 3.51. The van der Waals surface area contributed by atoms with E-state index in [0.29, 0.717) is 34.2 Å². The van der Waals surface area contributed by atoms with Crippen LogP contribution in [0.1, 0.15) is 27.0 Å². The van der Waals surface area contributed by atoms with E-state index in [2.05, 4.69) is 16.4 Å². The Hall–Kier alpha value is -3.88. The van der Waals surface area contributed by atoms with Gasteiger partial charge >= 0.3 is 0 Å². The molecule has 0 aliphatic heterocycles. The van der Waals surface area contributed by atoms with Crippen LogP contribution in [0.25, 0.3) is 10.9 Å². The molecule has 0 atom stereocenters. The van der Waals surface area contributed by atoms with Crippen molar-refractivity contribution >= 4 is 28.4 Å². The summed E-state index contributed by atoms with van der Waals surface area (Å²) in [5.74, 6) is 1.03. The maximum Gasteiger partial charge on any atom is 0.251 e. The van der Waals surface area contributed by atoms with Gasteiger partial charge in [0.25, 0.3) is 5.91 Å². The van der Waals surface area contributed by atoms with E-state index in [1.807, 2.05) is 31.2 Å². The second kappa shape index (κ2) is 8.86. The Balaban J connectivity index is 1.54. The number of rotatable bonds is 5. The molecule has 4 rings (SSSR count). The van der Waals surface area contributed by atoms with Crippen molar-refractivity contribution < 1.29 is 9.53 Å². The SMILES string of the molecule is Cc1c(Oc2ccnc3cc(Cl)ccc23)cccc1C(=O)NCc1ccc(C#N)cc1. The number of halogens is 1. The predicted octanol–water partition coefficient (Wildman–Crippen LogP) is 5.79. The molecule has 0 aliphatic rings. The van der Waals surface area contributed by atoms with Crippen LogP contribution in [0.15, 0.2) is 72.9 Å². The molecule has 0 aliphatic carbocycles. The summed E-state index contributed by atoms with van der Waals surface area (Å²) in [4.78, 5) is 17.1. The molecule has 1 heterocycles. The van der Waals surface area contributed by atoms with Crippen molar-refractivity contribution in [1.29, 1.82) is 5.26 Å². The van der Waals surface area contributed by atoms with Crippen molar-refractivity contribution in [2.45, 2.75) is 13.5 Å². The van der Waals surface area contributed by atoms with Crippen LogP contribution >= 0.6 is 11.6 Å². The molecular formula is C25H18ClN3O2. The number of nitrogens with zero attached hydrogens (tertiary/aromatic N) is 2. The molecule has 0 saturated heterocycles. The topological polar surface area (TPSA) is 75.0 Å². The smallest absolute Gasteiger partial charge is 0.251 e. The van der Waals surface area contributed by atoms with Crippen molar-refractivity contribution in [3.05, 3.63) is 100 Å². The van der Waals surface area contributed by atoms with Gasteiger partial charge in [0.05, 0.1) is 17.1 Å². The molecule has 4 aromatic rings. The fourth-order valence-electron chi connectivity index (χ4n) is 3.25. The molecule has 1 aromatic heterocycles. The van der Waals surface area contributed by atoms with E-state index in [0.717, 1.165) is 22.0 Å². The minimum absolute atomic E-state index is 0.196. The van der Waals surface area contributed by atoms with Crippen LogP contribution in [0.4, 0.5) is 0 Å². The lowest BCUT2D eigenvalue weighted by molar-refractivity contribution is 0.0950. The number of carbonyl (C=O) groups excluding carboxylic acids is 1. The molecule has 0 bridgehead atoms. The average Bonchev–Trinajstić information content (AvgIpc) is 2.79. The Morgan fingerprint density at radius 3 is 2.68 bits per heavy atom. The van der Waals surface area contributed by atoms with Crippen LogP contribution in [-0.2, 0) is 6.54 Å². The molecule has 152 valence electrons. The molecule has 3 aromatic carbocycles. The van der Waals surface area contributed by atoms with Crippen molar-refractivity contribution in [3.63, 3.8) is 0 Å². The van der Waals surface area contributed by atoms with Crippen LogP contribution in [0, 0.1) is 18.3 Å². The minimum Gasteiger partial charge on any atom is -0.456 e. The van der Waals surface area contributed by atoms with E-state index in [9.17, 15) is 4.79 Å². The predicted molar refractivity (Wildman–Crippen MR) is 120 cm³/mol. The second-order valence-corrected chi connectivity index (χ2v) is 7.43. The van der Waals surface area contributed by atoms with Crippen molar-refractivity contribution in [2.24, 2.45) is 0 Å². The number of amides is 1. The van der Waals surface area contributed by atoms with Crippen molar-refractivity contribution in [2.75, 3.05) is 0 Å². The van der Waals surface area contributed by atoms with Crippen LogP contribution in [0.3, 0.4) is 0 Å². The average molecular weight is 428 g/mol. The maximum absolute atomic E-state index is 12.8. The Morgan fingerprint density at radius 2 is 1.90 bits per heavy atom. The van der Waals surface area contributed by atoms with Gasteiger partial charge in [-0.1, -0.05) is 29.8 Å². The number of fused-ring (bicyclic) bond motifs is 1. The Labute approximate surface area is 184 Å². The van der Waals surface area contributed by atoms with Crippen LogP contribution < -0.4 is 10.1 Å². The summed E-state index contributed by atoms with van der Waals surface area (Å²) >= 11 is 6.06. The van der Waals surface area contributed by atoms with Crippen LogP contribution in [0.2, 0.25) is 5.02 Å². The van der Waals surface area contributed by atoms with E-state index in [1.54, 1.807) is 48.7 Å². The molecule has 0 saturated carbocycles. The fraction of sp³-hybridized carbons (Fsp3) is 0.0800. The molecule has 0 radical (unpaired) electrons. The number of benzene rings is 3. The highest BCUT2D eigenvalue weighted by molar-refractivity contribution is 6.31. The van der Waals surface area contributed by atoms with Gasteiger partial charge in [-0.15, -0.1) is 0 Å². The first kappa shape index (κ1) is 20.4. The third-order valence-corrected chi connectivity index (χ3v) is 5.18. The van der Waals surface area contributed by atoms with Crippen LogP contribution in [0.5, 0.6) is 11.5 Å². The summed E-state index contributed by atoms with van der Waals surface area (Å²) in [6.07, 6.45) is 1.66. The first-order valence-electron chi connectivity index (χ1n) is 9.64. The Bertz CT molecular complexity index is 1310. The zero-order valence-electron chi connectivity index (χ0n) is 16.7. The maximum atomic E-state index is 12.8. The standard InChI is InChI=1S/C25H18ClN3O2/c1-16-20(25(30)29-15-18-7-5-17(14-27)6-8-18)3-2-4-23(16)31-24-11-12-28-22-13-19(26)9-10-21(22)24/h2-13H,15H2,1H3,(H,29,30). The zero-order chi connectivity index (χ0) is 21.8. The molecule has 1 N–H and O–H groups in total. The van der Waals surface area contributed by atoms with Gasteiger partial charge in [-0.3, -0.25) is 9.78 Å². The molecule has 6 heteroatoms. The van der Waals surface area contributed by atoms with E-state index in [4.69, 9.17) is 21.6 Å². The molecule has 0 unspecified atom stereocenters. The zero-order valence-corrected chi connectivity index (χ0v) is 17.5. The van der Waals surface area contributed by atoms with Gasteiger partial charge in [0.15, 0.2) is 0 Å². The lowest BCUT2D eigenvalue weighted by Gasteiger charge is -2.14. The monoisotopic (exact) mass is 427 g/mol. The highest BCUT2D eigenvalue weighted by atomic mass is 35.5. The number of nitrogens with one attached hydrogen (secondary N) is 1. The summed E-state index contributed by atoms with van der Waals surface area (Å²) in [6.45, 7) is 2.22. The molecule has 1 amide bonds. The van der Waals surface area contributed by atoms with Crippen molar-refractivity contribution in [3.8, 4) is 17.6 Å². The lowest BCUT2D eigenvalue weighted by Crippen LogP contribution is -2.23. The third-order valence-electron chi connectivity index (χ3n) is 4.95. The first-order chi connectivity index (χ1) is 15.0. The van der Waals surface area contributed by atoms with E-state index >= 15 is 0 Å². The Morgan fingerprint density at radius 1 is 1.10 bits per heavy atom. The molecule has 31 heavy (non-hydrogen) atoms. The van der Waals surface area contributed by atoms with Gasteiger partial charge in [0.1, 0.15) is 11.5 Å². The lowest BCUT2D eigenvalue weighted by atomic mass is 10.1. The van der Waals surface area contributed by atoms with Crippen LogP contribution in [-0.4, -0.2) is 10.9 Å². The van der Waals surface area contributed by atoms with Gasteiger partial charge in [-0.2, -0.15) is 5.26 Å². The summed E-state index contributed by atoms with van der Waals surface area (Å²) in [7, 11) is 0. The molecule has 0 fully saturated rings. The number of pyridine rings is 1. The highest BCUT2D eigenvalue weighted by Gasteiger charge is 2.14.